The monoisotopic (exact) mass is 389 g/mol. The van der Waals surface area contributed by atoms with Crippen LogP contribution in [0.4, 0.5) is 5.13 Å². The van der Waals surface area contributed by atoms with Gasteiger partial charge in [-0.25, -0.2) is 13.1 Å². The summed E-state index contributed by atoms with van der Waals surface area (Å²) < 4.78 is 26.8. The molecule has 0 aliphatic carbocycles. The number of nitrogens with one attached hydrogen (secondary N) is 2. The van der Waals surface area contributed by atoms with Crippen molar-refractivity contribution in [2.45, 2.75) is 17.8 Å². The van der Waals surface area contributed by atoms with E-state index in [-0.39, 0.29) is 21.9 Å². The molecule has 8 nitrogen and oxygen atoms in total. The van der Waals surface area contributed by atoms with Gasteiger partial charge >= 0.3 is 0 Å². The molecule has 3 aromatic rings. The van der Waals surface area contributed by atoms with Crippen molar-refractivity contribution in [1.29, 1.82) is 0 Å². The SMILES string of the molecule is Cc1cccc(C(=O)Nc2nnc(S(=O)(=O)NCc3ccncc3)s2)c1. The van der Waals surface area contributed by atoms with Crippen LogP contribution in [0.1, 0.15) is 21.5 Å². The number of pyridine rings is 1. The van der Waals surface area contributed by atoms with E-state index < -0.39 is 10.0 Å². The molecule has 0 saturated carbocycles. The summed E-state index contributed by atoms with van der Waals surface area (Å²) in [5, 5.41) is 10.1. The van der Waals surface area contributed by atoms with Gasteiger partial charge in [-0.05, 0) is 36.8 Å². The van der Waals surface area contributed by atoms with Gasteiger partial charge in [0.05, 0.1) is 0 Å². The molecule has 134 valence electrons. The lowest BCUT2D eigenvalue weighted by molar-refractivity contribution is 0.102. The van der Waals surface area contributed by atoms with Crippen molar-refractivity contribution in [3.63, 3.8) is 0 Å². The van der Waals surface area contributed by atoms with E-state index >= 15 is 0 Å². The maximum atomic E-state index is 12.3. The quantitative estimate of drug-likeness (QED) is 0.623. The predicted octanol–water partition coefficient (Wildman–Crippen LogP) is 1.97. The summed E-state index contributed by atoms with van der Waals surface area (Å²) in [5.74, 6) is -0.376. The third-order valence-corrected chi connectivity index (χ3v) is 5.96. The molecule has 1 aromatic carbocycles. The maximum Gasteiger partial charge on any atom is 0.270 e. The summed E-state index contributed by atoms with van der Waals surface area (Å²) in [6, 6.07) is 10.4. The minimum Gasteiger partial charge on any atom is -0.296 e. The van der Waals surface area contributed by atoms with E-state index in [0.717, 1.165) is 22.5 Å². The van der Waals surface area contributed by atoms with Crippen molar-refractivity contribution >= 4 is 32.4 Å². The molecular formula is C16H15N5O3S2. The first kappa shape index (κ1) is 18.1. The number of nitrogens with zero attached hydrogens (tertiary/aromatic N) is 3. The lowest BCUT2D eigenvalue weighted by Gasteiger charge is -2.03. The van der Waals surface area contributed by atoms with Gasteiger partial charge in [0.2, 0.25) is 9.47 Å². The Morgan fingerprint density at radius 3 is 2.65 bits per heavy atom. The molecule has 0 spiro atoms. The Balaban J connectivity index is 1.67. The highest BCUT2D eigenvalue weighted by atomic mass is 32.2. The largest absolute Gasteiger partial charge is 0.296 e. The lowest BCUT2D eigenvalue weighted by atomic mass is 10.1. The molecule has 0 aliphatic rings. The van der Waals surface area contributed by atoms with E-state index in [0.29, 0.717) is 5.56 Å². The second-order valence-electron chi connectivity index (χ2n) is 5.38. The molecule has 2 aromatic heterocycles. The highest BCUT2D eigenvalue weighted by molar-refractivity contribution is 7.91. The van der Waals surface area contributed by atoms with Crippen LogP contribution >= 0.6 is 11.3 Å². The number of rotatable bonds is 6. The fourth-order valence-corrected chi connectivity index (χ4v) is 4.02. The number of sulfonamides is 1. The molecule has 0 radical (unpaired) electrons. The van der Waals surface area contributed by atoms with Crippen LogP contribution in [0.5, 0.6) is 0 Å². The van der Waals surface area contributed by atoms with E-state index in [4.69, 9.17) is 0 Å². The number of hydrogen-bond donors (Lipinski definition) is 2. The average Bonchev–Trinajstić information content (AvgIpc) is 3.10. The number of amides is 1. The van der Waals surface area contributed by atoms with Gasteiger partial charge in [-0.2, -0.15) is 0 Å². The first-order valence-corrected chi connectivity index (χ1v) is 9.84. The third kappa shape index (κ3) is 4.48. The molecule has 2 heterocycles. The van der Waals surface area contributed by atoms with Gasteiger partial charge in [0.1, 0.15) is 0 Å². The number of carbonyl (C=O) groups excluding carboxylic acids is 1. The van der Waals surface area contributed by atoms with E-state index in [9.17, 15) is 13.2 Å². The second-order valence-corrected chi connectivity index (χ2v) is 8.29. The Morgan fingerprint density at radius 1 is 1.15 bits per heavy atom. The predicted molar refractivity (Wildman–Crippen MR) is 97.3 cm³/mol. The smallest absolute Gasteiger partial charge is 0.270 e. The Hall–Kier alpha value is -2.69. The molecule has 0 unspecified atom stereocenters. The number of benzene rings is 1. The number of aromatic nitrogens is 3. The van der Waals surface area contributed by atoms with Gasteiger partial charge in [-0.15, -0.1) is 10.2 Å². The van der Waals surface area contributed by atoms with Crippen molar-refractivity contribution in [3.05, 3.63) is 65.5 Å². The van der Waals surface area contributed by atoms with E-state index in [1.54, 1.807) is 42.7 Å². The molecule has 0 bridgehead atoms. The van der Waals surface area contributed by atoms with Crippen molar-refractivity contribution in [3.8, 4) is 0 Å². The van der Waals surface area contributed by atoms with Crippen LogP contribution in [-0.2, 0) is 16.6 Å². The Kier molecular flexibility index (Phi) is 5.35. The first-order chi connectivity index (χ1) is 12.4. The standard InChI is InChI=1S/C16H15N5O3S2/c1-11-3-2-4-13(9-11)14(22)19-15-20-21-16(25-15)26(23,24)18-10-12-5-7-17-8-6-12/h2-9,18H,10H2,1H3,(H,19,20,22). The summed E-state index contributed by atoms with van der Waals surface area (Å²) >= 11 is 0.785. The molecule has 1 amide bonds. The van der Waals surface area contributed by atoms with Crippen molar-refractivity contribution in [1.82, 2.24) is 19.9 Å². The zero-order valence-electron chi connectivity index (χ0n) is 13.7. The molecule has 3 rings (SSSR count). The second kappa shape index (κ2) is 7.68. The van der Waals surface area contributed by atoms with Crippen molar-refractivity contribution in [2.24, 2.45) is 0 Å². The van der Waals surface area contributed by atoms with Crippen LogP contribution in [0, 0.1) is 6.92 Å². The molecule has 0 aliphatic heterocycles. The van der Waals surface area contributed by atoms with Gasteiger partial charge in [0.15, 0.2) is 0 Å². The number of hydrogen-bond acceptors (Lipinski definition) is 7. The summed E-state index contributed by atoms with van der Waals surface area (Å²) in [6.45, 7) is 1.98. The number of aryl methyl sites for hydroxylation is 1. The topological polar surface area (TPSA) is 114 Å². The van der Waals surface area contributed by atoms with E-state index in [2.05, 4.69) is 25.2 Å². The Bertz CT molecular complexity index is 1020. The fraction of sp³-hybridized carbons (Fsp3) is 0.125. The fourth-order valence-electron chi connectivity index (χ4n) is 2.07. The van der Waals surface area contributed by atoms with Crippen LogP contribution in [-0.4, -0.2) is 29.5 Å². The average molecular weight is 389 g/mol. The molecule has 0 fully saturated rings. The van der Waals surface area contributed by atoms with Crippen molar-refractivity contribution < 1.29 is 13.2 Å². The van der Waals surface area contributed by atoms with Gasteiger partial charge in [-0.1, -0.05) is 29.0 Å². The van der Waals surface area contributed by atoms with Gasteiger partial charge in [0.25, 0.3) is 15.9 Å². The Morgan fingerprint density at radius 2 is 1.92 bits per heavy atom. The normalized spacial score (nSPS) is 11.3. The van der Waals surface area contributed by atoms with Gasteiger partial charge in [0, 0.05) is 24.5 Å². The zero-order valence-corrected chi connectivity index (χ0v) is 15.3. The van der Waals surface area contributed by atoms with Gasteiger partial charge < -0.3 is 0 Å². The lowest BCUT2D eigenvalue weighted by Crippen LogP contribution is -2.23. The molecule has 0 saturated heterocycles. The molecule has 10 heteroatoms. The number of anilines is 1. The number of carbonyl (C=O) groups is 1. The van der Waals surface area contributed by atoms with Gasteiger partial charge in [-0.3, -0.25) is 15.1 Å². The summed E-state index contributed by atoms with van der Waals surface area (Å²) in [5.41, 5.74) is 2.17. The minimum absolute atomic E-state index is 0.107. The van der Waals surface area contributed by atoms with Crippen LogP contribution in [0.25, 0.3) is 0 Å². The van der Waals surface area contributed by atoms with Crippen LogP contribution in [0.2, 0.25) is 0 Å². The molecule has 0 atom stereocenters. The Labute approximate surface area is 154 Å². The van der Waals surface area contributed by atoms with E-state index in [1.807, 2.05) is 13.0 Å². The molecule has 2 N–H and O–H groups in total. The highest BCUT2D eigenvalue weighted by Crippen LogP contribution is 2.20. The van der Waals surface area contributed by atoms with Crippen LogP contribution in [0.15, 0.2) is 53.1 Å². The first-order valence-electron chi connectivity index (χ1n) is 7.54. The molecule has 26 heavy (non-hydrogen) atoms. The van der Waals surface area contributed by atoms with Crippen molar-refractivity contribution in [2.75, 3.05) is 5.32 Å². The van der Waals surface area contributed by atoms with Crippen LogP contribution < -0.4 is 10.0 Å². The van der Waals surface area contributed by atoms with Crippen LogP contribution in [0.3, 0.4) is 0 Å². The third-order valence-electron chi connectivity index (χ3n) is 3.35. The zero-order chi connectivity index (χ0) is 18.6. The summed E-state index contributed by atoms with van der Waals surface area (Å²) in [4.78, 5) is 16.1. The summed E-state index contributed by atoms with van der Waals surface area (Å²) in [6.07, 6.45) is 3.15. The maximum absolute atomic E-state index is 12.3. The summed E-state index contributed by atoms with van der Waals surface area (Å²) in [7, 11) is -3.82. The molecular weight excluding hydrogens is 374 g/mol. The highest BCUT2D eigenvalue weighted by Gasteiger charge is 2.21. The minimum atomic E-state index is -3.82. The van der Waals surface area contributed by atoms with E-state index in [1.165, 1.54) is 0 Å².